The summed E-state index contributed by atoms with van der Waals surface area (Å²) in [7, 11) is -4.47. The van der Waals surface area contributed by atoms with Crippen LogP contribution in [0.2, 0.25) is 0 Å². The Kier molecular flexibility index (Phi) is 5.83. The van der Waals surface area contributed by atoms with E-state index in [9.17, 15) is 13.2 Å². The SMILES string of the molecule is [3H]S(=O)(=O)Oc1cccc2c1[C@@H](C1CCCN1C(=O)OCC1c3ccccc3-c3ccccc31)OCC2. The van der Waals surface area contributed by atoms with Crippen LogP contribution in [0.3, 0.4) is 0 Å². The summed E-state index contributed by atoms with van der Waals surface area (Å²) in [6, 6.07) is 21.2. The van der Waals surface area contributed by atoms with Gasteiger partial charge >= 0.3 is 6.09 Å². The van der Waals surface area contributed by atoms with Gasteiger partial charge in [0.2, 0.25) is 1.12 Å². The molecule has 6 rings (SSSR count). The van der Waals surface area contributed by atoms with E-state index in [4.69, 9.17) is 14.8 Å². The molecule has 7 nitrogen and oxygen atoms in total. The first-order chi connectivity index (χ1) is 17.9. The molecule has 2 atom stereocenters. The molecule has 0 radical (unpaired) electrons. The number of likely N-dealkylation sites (tertiary alicyclic amines) is 1. The Bertz CT molecular complexity index is 1410. The second-order valence-corrected chi connectivity index (χ2v) is 9.94. The van der Waals surface area contributed by atoms with E-state index < -0.39 is 23.1 Å². The summed E-state index contributed by atoms with van der Waals surface area (Å²) in [5.74, 6) is 0.0444. The molecule has 0 spiro atoms. The standard InChI is InChI=1S/C28H27NO6S/c30-28(34-17-23-21-10-3-1-8-19(21)20-9-2-4-11-22(20)23)29-15-6-12-24(29)27-26-18(14-16-33-27)7-5-13-25(26)35-36(31)32/h1-5,7-11,13,23-24,27,36H,6,12,14-17H2/t24?,27-/m1/s1/i36T. The van der Waals surface area contributed by atoms with Crippen LogP contribution in [0.15, 0.2) is 66.7 Å². The average molecular weight is 508 g/mol. The first-order valence-corrected chi connectivity index (χ1v) is 13.2. The molecule has 1 amide bonds. The minimum absolute atomic E-state index is 0.0358. The van der Waals surface area contributed by atoms with Crippen LogP contribution in [0.5, 0.6) is 5.75 Å². The normalized spacial score (nSPS) is 21.3. The van der Waals surface area contributed by atoms with E-state index in [2.05, 4.69) is 24.3 Å². The molecule has 186 valence electrons. The predicted molar refractivity (Wildman–Crippen MR) is 135 cm³/mol. The number of carbonyl (C=O) groups is 1. The molecule has 3 aliphatic rings. The molecule has 36 heavy (non-hydrogen) atoms. The van der Waals surface area contributed by atoms with E-state index >= 15 is 0 Å². The number of hydrogen-bond donors (Lipinski definition) is 1. The van der Waals surface area contributed by atoms with Crippen molar-refractivity contribution in [3.8, 4) is 16.9 Å². The molecule has 1 aliphatic carbocycles. The maximum atomic E-state index is 13.4. The Morgan fingerprint density at radius 1 is 1.03 bits per heavy atom. The molecule has 0 aromatic heterocycles. The molecule has 1 saturated heterocycles. The molecule has 3 aromatic rings. The highest BCUT2D eigenvalue weighted by atomic mass is 32.2. The molecule has 8 heteroatoms. The Morgan fingerprint density at radius 3 is 2.47 bits per heavy atom. The number of carbonyl (C=O) groups excluding carboxylic acids is 1. The fraction of sp³-hybridized carbons (Fsp3) is 0.321. The molecule has 2 heterocycles. The number of thiol groups is 1. The Morgan fingerprint density at radius 2 is 1.75 bits per heavy atom. The largest absolute Gasteiger partial charge is 0.448 e. The van der Waals surface area contributed by atoms with Crippen LogP contribution in [0.25, 0.3) is 11.1 Å². The van der Waals surface area contributed by atoms with Crippen molar-refractivity contribution in [2.45, 2.75) is 37.3 Å². The van der Waals surface area contributed by atoms with Crippen LogP contribution < -0.4 is 4.18 Å². The average Bonchev–Trinajstić information content (AvgIpc) is 3.50. The van der Waals surface area contributed by atoms with Crippen molar-refractivity contribution in [1.29, 1.82) is 1.12 Å². The lowest BCUT2D eigenvalue weighted by Crippen LogP contribution is -2.42. The summed E-state index contributed by atoms with van der Waals surface area (Å²) < 4.78 is 47.4. The smallest absolute Gasteiger partial charge is 0.410 e. The van der Waals surface area contributed by atoms with Gasteiger partial charge in [0.25, 0.3) is 10.9 Å². The number of fused-ring (bicyclic) bond motifs is 4. The molecule has 1 fully saturated rings. The molecule has 1 unspecified atom stereocenters. The fourth-order valence-electron chi connectivity index (χ4n) is 5.97. The van der Waals surface area contributed by atoms with Crippen molar-refractivity contribution in [3.63, 3.8) is 0 Å². The highest BCUT2D eigenvalue weighted by Crippen LogP contribution is 2.45. The zero-order chi connectivity index (χ0) is 25.6. The Hall–Kier alpha value is -3.36. The van der Waals surface area contributed by atoms with E-state index in [0.29, 0.717) is 31.6 Å². The highest BCUT2D eigenvalue weighted by Gasteiger charge is 2.41. The third kappa shape index (κ3) is 4.04. The number of ether oxygens (including phenoxy) is 2. The Balaban J connectivity index is 1.23. The summed E-state index contributed by atoms with van der Waals surface area (Å²) in [4.78, 5) is 15.1. The molecule has 3 aromatic carbocycles. The van der Waals surface area contributed by atoms with Crippen molar-refractivity contribution in [2.75, 3.05) is 19.8 Å². The summed E-state index contributed by atoms with van der Waals surface area (Å²) >= 11 is 0. The van der Waals surface area contributed by atoms with Crippen LogP contribution in [0.4, 0.5) is 4.79 Å². The maximum absolute atomic E-state index is 13.4. The van der Waals surface area contributed by atoms with Crippen LogP contribution in [0, 0.1) is 0 Å². The van der Waals surface area contributed by atoms with Gasteiger partial charge in [0.05, 0.1) is 12.6 Å². The minimum Gasteiger partial charge on any atom is -0.448 e. The number of nitrogens with zero attached hydrogens (tertiary/aromatic N) is 1. The summed E-state index contributed by atoms with van der Waals surface area (Å²) in [5.41, 5.74) is 6.13. The minimum atomic E-state index is -4.47. The summed E-state index contributed by atoms with van der Waals surface area (Å²) in [6.07, 6.45) is 1.09. The van der Waals surface area contributed by atoms with Crippen molar-refractivity contribution < 1.29 is 26.9 Å². The van der Waals surface area contributed by atoms with Gasteiger partial charge in [-0.1, -0.05) is 60.7 Å². The second kappa shape index (κ2) is 9.59. The van der Waals surface area contributed by atoms with Gasteiger partial charge in [0.1, 0.15) is 18.5 Å². The van der Waals surface area contributed by atoms with Gasteiger partial charge in [-0.05, 0) is 53.1 Å². The Labute approximate surface area is 212 Å². The summed E-state index contributed by atoms with van der Waals surface area (Å²) in [5, 5.41) is 0. The van der Waals surface area contributed by atoms with Gasteiger partial charge in [-0.2, -0.15) is 8.42 Å². The van der Waals surface area contributed by atoms with Gasteiger partial charge in [-0.15, -0.1) is 0 Å². The molecule has 2 aliphatic heterocycles. The lowest BCUT2D eigenvalue weighted by Gasteiger charge is -2.35. The van der Waals surface area contributed by atoms with Gasteiger partial charge in [-0.25, -0.2) is 4.79 Å². The molecule has 0 saturated carbocycles. The van der Waals surface area contributed by atoms with Gasteiger partial charge in [0.15, 0.2) is 0 Å². The van der Waals surface area contributed by atoms with Crippen LogP contribution in [0.1, 0.15) is 47.1 Å². The third-order valence-corrected chi connectivity index (χ3v) is 7.80. The van der Waals surface area contributed by atoms with E-state index in [0.717, 1.165) is 23.1 Å². The first kappa shape index (κ1) is 21.9. The van der Waals surface area contributed by atoms with Crippen LogP contribution in [-0.2, 0) is 26.8 Å². The third-order valence-electron chi connectivity index (χ3n) is 7.49. The van der Waals surface area contributed by atoms with Gasteiger partial charge in [0, 0.05) is 18.0 Å². The number of rotatable bonds is 5. The van der Waals surface area contributed by atoms with Crippen molar-refractivity contribution in [3.05, 3.63) is 89.0 Å². The van der Waals surface area contributed by atoms with Crippen LogP contribution in [-0.4, -0.2) is 46.3 Å². The van der Waals surface area contributed by atoms with Gasteiger partial charge < -0.3 is 18.6 Å². The fourth-order valence-corrected chi connectivity index (χ4v) is 6.26. The predicted octanol–water partition coefficient (Wildman–Crippen LogP) is 4.62. The van der Waals surface area contributed by atoms with Crippen molar-refractivity contribution in [1.82, 2.24) is 4.90 Å². The van der Waals surface area contributed by atoms with E-state index in [1.807, 2.05) is 30.3 Å². The van der Waals surface area contributed by atoms with Gasteiger partial charge in [-0.3, -0.25) is 0 Å². The van der Waals surface area contributed by atoms with E-state index in [1.165, 1.54) is 17.2 Å². The number of benzene rings is 3. The van der Waals surface area contributed by atoms with E-state index in [-0.39, 0.29) is 24.3 Å². The zero-order valence-corrected chi connectivity index (χ0v) is 20.4. The van der Waals surface area contributed by atoms with E-state index in [1.54, 1.807) is 11.0 Å². The molecule has 0 N–H and O–H groups in total. The van der Waals surface area contributed by atoms with Crippen molar-refractivity contribution >= 4 is 17.0 Å². The first-order valence-electron chi connectivity index (χ1n) is 12.6. The maximum Gasteiger partial charge on any atom is 0.410 e. The monoisotopic (exact) mass is 507 g/mol. The number of hydrogen-bond acceptors (Lipinski definition) is 6. The molecular weight excluding hydrogens is 478 g/mol. The summed E-state index contributed by atoms with van der Waals surface area (Å²) in [6.45, 7) is 1.20. The molecular formula is C28H27NO6S. The second-order valence-electron chi connectivity index (χ2n) is 9.36. The lowest BCUT2D eigenvalue weighted by atomic mass is 9.91. The highest BCUT2D eigenvalue weighted by molar-refractivity contribution is 7.67. The molecule has 0 bridgehead atoms. The number of amides is 1. The zero-order valence-electron chi connectivity index (χ0n) is 20.6. The van der Waals surface area contributed by atoms with Crippen LogP contribution >= 0.6 is 0 Å². The van der Waals surface area contributed by atoms with Crippen molar-refractivity contribution in [2.24, 2.45) is 0 Å². The lowest BCUT2D eigenvalue weighted by molar-refractivity contribution is -0.0134. The quantitative estimate of drug-likeness (QED) is 0.508. The topological polar surface area (TPSA) is 82.1 Å².